The summed E-state index contributed by atoms with van der Waals surface area (Å²) in [5.41, 5.74) is 17.8. The number of benzene rings is 2. The molecule has 1 aliphatic heterocycles. The van der Waals surface area contributed by atoms with Crippen LogP contribution in [0.15, 0.2) is 59.6 Å². The Bertz CT molecular complexity index is 1320. The number of carbonyl (C=O) groups is 3. The second kappa shape index (κ2) is 12.4. The lowest BCUT2D eigenvalue weighted by molar-refractivity contribution is -0.142. The third-order valence-electron chi connectivity index (χ3n) is 6.80. The van der Waals surface area contributed by atoms with Crippen LogP contribution in [0.3, 0.4) is 0 Å². The molecule has 2 amide bonds. The minimum atomic E-state index is -1.18. The normalized spacial score (nSPS) is 17.4. The highest BCUT2D eigenvalue weighted by Gasteiger charge is 2.42. The van der Waals surface area contributed by atoms with Gasteiger partial charge in [-0.25, -0.2) is 4.98 Å². The number of hydrogen-bond acceptors (Lipinski definition) is 7. The third kappa shape index (κ3) is 6.98. The van der Waals surface area contributed by atoms with Crippen molar-refractivity contribution in [3.63, 3.8) is 0 Å². The second-order valence-corrected chi connectivity index (χ2v) is 11.1. The Morgan fingerprint density at radius 2 is 1.87 bits per heavy atom. The van der Waals surface area contributed by atoms with Crippen LogP contribution in [-0.2, 0) is 16.0 Å². The zero-order valence-corrected chi connectivity index (χ0v) is 22.8. The van der Waals surface area contributed by atoms with Crippen LogP contribution >= 0.6 is 11.3 Å². The maximum Gasteiger partial charge on any atom is 0.243 e. The molecule has 0 bridgehead atoms. The van der Waals surface area contributed by atoms with E-state index < -0.39 is 17.6 Å². The van der Waals surface area contributed by atoms with Crippen molar-refractivity contribution < 1.29 is 14.4 Å². The highest BCUT2D eigenvalue weighted by Crippen LogP contribution is 2.25. The van der Waals surface area contributed by atoms with Gasteiger partial charge < -0.3 is 27.4 Å². The number of guanidine groups is 1. The summed E-state index contributed by atoms with van der Waals surface area (Å²) in [5.74, 6) is -0.977. The molecule has 0 aliphatic carbocycles. The Balaban J connectivity index is 1.49. The molecule has 7 N–H and O–H groups in total. The van der Waals surface area contributed by atoms with E-state index in [1.807, 2.05) is 54.6 Å². The molecule has 1 saturated heterocycles. The van der Waals surface area contributed by atoms with Crippen molar-refractivity contribution in [1.29, 1.82) is 0 Å². The fourth-order valence-electron chi connectivity index (χ4n) is 4.87. The molecule has 3 atom stereocenters. The largest absolute Gasteiger partial charge is 0.370 e. The van der Waals surface area contributed by atoms with Crippen molar-refractivity contribution in [2.24, 2.45) is 22.2 Å². The first-order chi connectivity index (χ1) is 18.7. The van der Waals surface area contributed by atoms with Gasteiger partial charge in [0, 0.05) is 13.1 Å². The van der Waals surface area contributed by atoms with E-state index in [1.165, 1.54) is 11.3 Å². The number of nitrogens with one attached hydrogen (secondary N) is 1. The predicted molar refractivity (Wildman–Crippen MR) is 153 cm³/mol. The molecule has 39 heavy (non-hydrogen) atoms. The Labute approximate surface area is 231 Å². The fraction of sp³-hybridized carbons (Fsp3) is 0.393. The van der Waals surface area contributed by atoms with Crippen LogP contribution in [0.4, 0.5) is 0 Å². The number of fused-ring (bicyclic) bond motifs is 1. The van der Waals surface area contributed by atoms with Gasteiger partial charge in [0.05, 0.1) is 21.8 Å². The number of ketones is 1. The first-order valence-corrected chi connectivity index (χ1v) is 13.9. The number of para-hydroxylation sites is 1. The molecule has 11 heteroatoms. The van der Waals surface area contributed by atoms with Crippen molar-refractivity contribution in [3.8, 4) is 0 Å². The van der Waals surface area contributed by atoms with Gasteiger partial charge >= 0.3 is 0 Å². The van der Waals surface area contributed by atoms with Crippen LogP contribution in [-0.4, -0.2) is 64.2 Å². The molecule has 3 aromatic rings. The first-order valence-electron chi connectivity index (χ1n) is 13.0. The number of aromatic nitrogens is 1. The van der Waals surface area contributed by atoms with Crippen molar-refractivity contribution in [1.82, 2.24) is 15.2 Å². The summed E-state index contributed by atoms with van der Waals surface area (Å²) in [7, 11) is 0. The van der Waals surface area contributed by atoms with Gasteiger partial charge in [0.2, 0.25) is 17.6 Å². The zero-order valence-electron chi connectivity index (χ0n) is 22.0. The lowest BCUT2D eigenvalue weighted by Gasteiger charge is -2.33. The van der Waals surface area contributed by atoms with E-state index in [0.717, 1.165) is 15.8 Å². The predicted octanol–water partition coefficient (Wildman–Crippen LogP) is 1.97. The number of amides is 2. The van der Waals surface area contributed by atoms with E-state index >= 15 is 0 Å². The second-order valence-electron chi connectivity index (χ2n) is 10.1. The van der Waals surface area contributed by atoms with Crippen LogP contribution in [0.25, 0.3) is 10.2 Å². The van der Waals surface area contributed by atoms with Crippen LogP contribution in [0.1, 0.15) is 48.0 Å². The highest BCUT2D eigenvalue weighted by molar-refractivity contribution is 7.20. The Kier molecular flexibility index (Phi) is 8.93. The van der Waals surface area contributed by atoms with Crippen LogP contribution in [0, 0.1) is 0 Å². The van der Waals surface area contributed by atoms with E-state index in [9.17, 15) is 14.4 Å². The summed E-state index contributed by atoms with van der Waals surface area (Å²) in [6.45, 7) is 2.44. The number of nitrogens with zero attached hydrogens (tertiary/aromatic N) is 3. The highest BCUT2D eigenvalue weighted by atomic mass is 32.1. The molecule has 0 unspecified atom stereocenters. The molecule has 4 rings (SSSR count). The van der Waals surface area contributed by atoms with Gasteiger partial charge in [0.25, 0.3) is 0 Å². The van der Waals surface area contributed by atoms with Crippen molar-refractivity contribution >= 4 is 45.1 Å². The number of thiazole rings is 1. The van der Waals surface area contributed by atoms with Crippen LogP contribution in [0.5, 0.6) is 0 Å². The summed E-state index contributed by atoms with van der Waals surface area (Å²) >= 11 is 1.29. The molecule has 1 aromatic heterocycles. The summed E-state index contributed by atoms with van der Waals surface area (Å²) in [5, 5.41) is 3.23. The number of nitrogens with two attached hydrogens (primary N) is 3. The maximum absolute atomic E-state index is 13.5. The SMILES string of the molecule is C[C@](N)(Cc1ccccc1)C(=O)N1CCC[C@H]1C(=O)N[C@@H](CCCN=C(N)N)C(=O)c1nc2ccccc2s1. The van der Waals surface area contributed by atoms with E-state index in [4.69, 9.17) is 17.2 Å². The molecule has 0 radical (unpaired) electrons. The maximum atomic E-state index is 13.5. The van der Waals surface area contributed by atoms with Crippen LogP contribution < -0.4 is 22.5 Å². The topological polar surface area (TPSA) is 170 Å². The van der Waals surface area contributed by atoms with Gasteiger partial charge in [-0.1, -0.05) is 42.5 Å². The number of Topliss-reactive ketones (excluding diaryl/α,β-unsaturated/α-hetero) is 1. The average molecular weight is 550 g/mol. The van der Waals surface area contributed by atoms with E-state index in [1.54, 1.807) is 11.8 Å². The molecule has 1 aliphatic rings. The fourth-order valence-corrected chi connectivity index (χ4v) is 5.83. The average Bonchev–Trinajstić information content (AvgIpc) is 3.57. The van der Waals surface area contributed by atoms with Gasteiger partial charge in [0.15, 0.2) is 11.0 Å². The minimum absolute atomic E-state index is 0.0338. The van der Waals surface area contributed by atoms with Crippen LogP contribution in [0.2, 0.25) is 0 Å². The Hall–Kier alpha value is -3.83. The molecular formula is C28H35N7O3S. The van der Waals surface area contributed by atoms with Gasteiger partial charge in [0.1, 0.15) is 6.04 Å². The summed E-state index contributed by atoms with van der Waals surface area (Å²) in [4.78, 5) is 50.6. The molecular weight excluding hydrogens is 514 g/mol. The molecule has 206 valence electrons. The van der Waals surface area contributed by atoms with E-state index in [0.29, 0.717) is 50.2 Å². The van der Waals surface area contributed by atoms with Crippen molar-refractivity contribution in [2.45, 2.75) is 56.7 Å². The van der Waals surface area contributed by atoms with Gasteiger partial charge in [-0.05, 0) is 56.7 Å². The minimum Gasteiger partial charge on any atom is -0.370 e. The smallest absolute Gasteiger partial charge is 0.243 e. The van der Waals surface area contributed by atoms with Gasteiger partial charge in [-0.2, -0.15) is 0 Å². The molecule has 10 nitrogen and oxygen atoms in total. The molecule has 0 saturated carbocycles. The number of rotatable bonds is 11. The number of carbonyl (C=O) groups excluding carboxylic acids is 3. The number of likely N-dealkylation sites (tertiary alicyclic amines) is 1. The molecule has 2 heterocycles. The van der Waals surface area contributed by atoms with Crippen molar-refractivity contribution in [3.05, 3.63) is 65.2 Å². The molecule has 1 fully saturated rings. The number of hydrogen-bond donors (Lipinski definition) is 4. The summed E-state index contributed by atoms with van der Waals surface area (Å²) in [6.07, 6.45) is 2.31. The monoisotopic (exact) mass is 549 g/mol. The lowest BCUT2D eigenvalue weighted by atomic mass is 9.92. The number of aliphatic imine (C=N–C) groups is 1. The first kappa shape index (κ1) is 28.2. The third-order valence-corrected chi connectivity index (χ3v) is 7.85. The Morgan fingerprint density at radius 3 is 2.59 bits per heavy atom. The molecule has 0 spiro atoms. The quantitative estimate of drug-likeness (QED) is 0.123. The summed E-state index contributed by atoms with van der Waals surface area (Å²) < 4.78 is 0.889. The zero-order chi connectivity index (χ0) is 28.0. The standard InChI is InChI=1S/C28H35N7O3S/c1-28(31,17-18-9-3-2-4-10-18)26(38)35-16-8-13-21(35)24(37)33-20(12-7-15-32-27(29)30)23(36)25-34-19-11-5-6-14-22(19)39-25/h2-6,9-11,14,20-21H,7-8,12-13,15-17,31H2,1H3,(H,33,37)(H4,29,30,32)/t20-,21-,28-/m0/s1. The van der Waals surface area contributed by atoms with Gasteiger partial charge in [-0.15, -0.1) is 11.3 Å². The summed E-state index contributed by atoms with van der Waals surface area (Å²) in [6, 6.07) is 15.5. The van der Waals surface area contributed by atoms with Crippen molar-refractivity contribution in [2.75, 3.05) is 13.1 Å². The van der Waals surface area contributed by atoms with Gasteiger partial charge in [-0.3, -0.25) is 19.4 Å². The lowest BCUT2D eigenvalue weighted by Crippen LogP contribution is -2.59. The Morgan fingerprint density at radius 1 is 1.15 bits per heavy atom. The molecule has 2 aromatic carbocycles. The van der Waals surface area contributed by atoms with E-state index in [2.05, 4.69) is 15.3 Å². The van der Waals surface area contributed by atoms with E-state index in [-0.39, 0.29) is 23.6 Å².